The lowest BCUT2D eigenvalue weighted by atomic mass is 9.99. The fraction of sp³-hybridized carbons (Fsp3) is 0.317. The quantitative estimate of drug-likeness (QED) is 0.151. The summed E-state index contributed by atoms with van der Waals surface area (Å²) in [6.07, 6.45) is 14.0. The molecule has 0 spiro atoms. The van der Waals surface area contributed by atoms with Crippen LogP contribution in [0.4, 0.5) is 0 Å². The number of rotatable bonds is 10. The molecule has 2 aliphatic rings. The molecule has 0 saturated heterocycles. The molecule has 0 bridgehead atoms. The Labute approximate surface area is 281 Å². The Kier molecular flexibility index (Phi) is 8.69. The maximum Gasteiger partial charge on any atom is 0.337 e. The van der Waals surface area contributed by atoms with Gasteiger partial charge in [-0.15, -0.1) is 0 Å². The van der Waals surface area contributed by atoms with Gasteiger partial charge in [-0.1, -0.05) is 24.3 Å². The Morgan fingerprint density at radius 3 is 1.56 bits per heavy atom. The zero-order valence-corrected chi connectivity index (χ0v) is 27.9. The van der Waals surface area contributed by atoms with Gasteiger partial charge in [0.05, 0.1) is 17.0 Å². The van der Waals surface area contributed by atoms with Gasteiger partial charge < -0.3 is 14.2 Å². The fourth-order valence-corrected chi connectivity index (χ4v) is 6.69. The van der Waals surface area contributed by atoms with Gasteiger partial charge in [-0.25, -0.2) is 4.79 Å². The molecule has 4 aromatic heterocycles. The highest BCUT2D eigenvalue weighted by atomic mass is 16.4. The SMILES string of the molecule is CCn1ccc2ccc(Cc3ncc(C4CC4)cc3C(=O)O)cc21.CCn1ccc2ccc(Cc3ncc(C4CC4)cc3C(C)=O)cc21. The van der Waals surface area contributed by atoms with Crippen LogP contribution in [-0.4, -0.2) is 36.0 Å². The summed E-state index contributed by atoms with van der Waals surface area (Å²) in [5.74, 6) is 0.346. The zero-order chi connectivity index (χ0) is 33.4. The average Bonchev–Trinajstić information content (AvgIpc) is 4.03. The molecule has 2 aliphatic carbocycles. The van der Waals surface area contributed by atoms with E-state index >= 15 is 0 Å². The first-order valence-electron chi connectivity index (χ1n) is 17.2. The number of Topliss-reactive ketones (excluding diaryl/α,β-unsaturated/α-hetero) is 1. The van der Waals surface area contributed by atoms with Crippen molar-refractivity contribution in [3.8, 4) is 0 Å². The Bertz CT molecular complexity index is 2000. The number of aryl methyl sites for hydroxylation is 2. The Balaban J connectivity index is 0.000000152. The third-order valence-corrected chi connectivity index (χ3v) is 9.79. The van der Waals surface area contributed by atoms with Gasteiger partial charge in [0.1, 0.15) is 0 Å². The molecule has 0 atom stereocenters. The molecule has 0 amide bonds. The van der Waals surface area contributed by atoms with E-state index in [1.54, 1.807) is 6.92 Å². The topological polar surface area (TPSA) is 90.0 Å². The number of carboxylic acid groups (broad SMARTS) is 1. The first-order chi connectivity index (χ1) is 23.3. The molecule has 1 N–H and O–H groups in total. The van der Waals surface area contributed by atoms with E-state index in [0.717, 1.165) is 48.3 Å². The minimum Gasteiger partial charge on any atom is -0.478 e. The van der Waals surface area contributed by atoms with Gasteiger partial charge in [-0.2, -0.15) is 0 Å². The standard InChI is InChI=1S/C21H22N2O.C20H20N2O2/c1-3-23-9-8-17-5-4-15(11-21(17)23)10-20-19(14(2)24)12-18(13-22-20)16-6-7-16;1-2-22-8-7-15-4-3-13(10-19(15)22)9-18-17(20(23)24)11-16(12-21-18)14-5-6-14/h4-5,8-9,11-13,16H,3,6-7,10H2,1-2H3;3-4,7-8,10-12,14H,2,5-6,9H2,1H3,(H,23,24). The summed E-state index contributed by atoms with van der Waals surface area (Å²) in [5, 5.41) is 12.0. The highest BCUT2D eigenvalue weighted by Crippen LogP contribution is 2.41. The average molecular weight is 639 g/mol. The van der Waals surface area contributed by atoms with E-state index in [1.807, 2.05) is 18.5 Å². The van der Waals surface area contributed by atoms with Crippen molar-refractivity contribution in [1.82, 2.24) is 19.1 Å². The van der Waals surface area contributed by atoms with Gasteiger partial charge in [0, 0.05) is 67.3 Å². The van der Waals surface area contributed by atoms with E-state index in [4.69, 9.17) is 0 Å². The first-order valence-corrected chi connectivity index (χ1v) is 17.2. The summed E-state index contributed by atoms with van der Waals surface area (Å²) in [6, 6.07) is 20.9. The number of hydrogen-bond donors (Lipinski definition) is 1. The summed E-state index contributed by atoms with van der Waals surface area (Å²) in [7, 11) is 0. The van der Waals surface area contributed by atoms with Crippen molar-refractivity contribution in [3.05, 3.63) is 130 Å². The molecule has 2 saturated carbocycles. The van der Waals surface area contributed by atoms with E-state index in [9.17, 15) is 14.7 Å². The summed E-state index contributed by atoms with van der Waals surface area (Å²) in [5.41, 5.74) is 9.65. The Morgan fingerprint density at radius 1 is 0.688 bits per heavy atom. The van der Waals surface area contributed by atoms with Gasteiger partial charge in [0.2, 0.25) is 0 Å². The number of ketones is 1. The molecule has 2 aromatic carbocycles. The predicted molar refractivity (Wildman–Crippen MR) is 190 cm³/mol. The van der Waals surface area contributed by atoms with Gasteiger partial charge in [-0.3, -0.25) is 14.8 Å². The number of benzene rings is 2. The third-order valence-electron chi connectivity index (χ3n) is 9.79. The van der Waals surface area contributed by atoms with Crippen LogP contribution in [0.2, 0.25) is 0 Å². The number of hydrogen-bond acceptors (Lipinski definition) is 4. The largest absolute Gasteiger partial charge is 0.478 e. The van der Waals surface area contributed by atoms with Gasteiger partial charge in [0.15, 0.2) is 5.78 Å². The highest BCUT2D eigenvalue weighted by Gasteiger charge is 2.26. The smallest absolute Gasteiger partial charge is 0.337 e. The minimum absolute atomic E-state index is 0.109. The van der Waals surface area contributed by atoms with Crippen molar-refractivity contribution in [2.45, 2.75) is 84.2 Å². The molecule has 6 aromatic rings. The predicted octanol–water partition coefficient (Wildman–Crippen LogP) is 8.95. The molecule has 2 fully saturated rings. The number of nitrogens with zero attached hydrogens (tertiary/aromatic N) is 4. The second-order valence-corrected chi connectivity index (χ2v) is 13.3. The van der Waals surface area contributed by atoms with E-state index in [-0.39, 0.29) is 5.78 Å². The van der Waals surface area contributed by atoms with Crippen molar-refractivity contribution in [3.63, 3.8) is 0 Å². The van der Waals surface area contributed by atoms with Crippen LogP contribution in [0.5, 0.6) is 0 Å². The van der Waals surface area contributed by atoms with Crippen molar-refractivity contribution in [2.24, 2.45) is 0 Å². The normalized spacial score (nSPS) is 14.2. The minimum atomic E-state index is -0.891. The molecule has 48 heavy (non-hydrogen) atoms. The number of fused-ring (bicyclic) bond motifs is 2. The molecule has 7 nitrogen and oxygen atoms in total. The molecule has 0 radical (unpaired) electrons. The van der Waals surface area contributed by atoms with Crippen LogP contribution >= 0.6 is 0 Å². The van der Waals surface area contributed by atoms with Crippen LogP contribution in [0, 0.1) is 0 Å². The molecule has 4 heterocycles. The Hall–Kier alpha value is -5.04. The van der Waals surface area contributed by atoms with Gasteiger partial charge >= 0.3 is 5.97 Å². The summed E-state index contributed by atoms with van der Waals surface area (Å²) >= 11 is 0. The third kappa shape index (κ3) is 6.68. The van der Waals surface area contributed by atoms with Gasteiger partial charge in [-0.05, 0) is 128 Å². The van der Waals surface area contributed by atoms with Gasteiger partial charge in [0.25, 0.3) is 0 Å². The number of pyridine rings is 2. The lowest BCUT2D eigenvalue weighted by Gasteiger charge is -2.10. The maximum atomic E-state index is 12.1. The lowest BCUT2D eigenvalue weighted by molar-refractivity contribution is 0.0695. The van der Waals surface area contributed by atoms with Crippen molar-refractivity contribution in [2.75, 3.05) is 0 Å². The number of carboxylic acids is 1. The number of carbonyl (C=O) groups excluding carboxylic acids is 1. The van der Waals surface area contributed by atoms with Crippen LogP contribution in [-0.2, 0) is 25.9 Å². The fourth-order valence-electron chi connectivity index (χ4n) is 6.69. The molecular formula is C41H42N4O3. The zero-order valence-electron chi connectivity index (χ0n) is 27.9. The maximum absolute atomic E-state index is 12.1. The van der Waals surface area contributed by atoms with Crippen LogP contribution in [0.1, 0.15) is 113 Å². The first kappa shape index (κ1) is 31.6. The monoisotopic (exact) mass is 638 g/mol. The number of carbonyl (C=O) groups is 2. The molecule has 0 unspecified atom stereocenters. The van der Waals surface area contributed by atoms with Crippen LogP contribution in [0.25, 0.3) is 21.8 Å². The van der Waals surface area contributed by atoms with Crippen molar-refractivity contribution >= 4 is 33.6 Å². The second-order valence-electron chi connectivity index (χ2n) is 13.3. The number of aromatic nitrogens is 4. The summed E-state index contributed by atoms with van der Waals surface area (Å²) in [6.45, 7) is 7.79. The van der Waals surface area contributed by atoms with Crippen molar-refractivity contribution in [1.29, 1.82) is 0 Å². The molecule has 7 heteroatoms. The Morgan fingerprint density at radius 2 is 1.15 bits per heavy atom. The summed E-state index contributed by atoms with van der Waals surface area (Å²) in [4.78, 5) is 32.8. The van der Waals surface area contributed by atoms with E-state index in [2.05, 4.69) is 99.9 Å². The molecule has 244 valence electrons. The highest BCUT2D eigenvalue weighted by molar-refractivity contribution is 5.95. The van der Waals surface area contributed by atoms with Crippen LogP contribution < -0.4 is 0 Å². The van der Waals surface area contributed by atoms with Crippen LogP contribution in [0.3, 0.4) is 0 Å². The lowest BCUT2D eigenvalue weighted by Crippen LogP contribution is -2.07. The summed E-state index contributed by atoms with van der Waals surface area (Å²) < 4.78 is 4.44. The molecule has 8 rings (SSSR count). The number of aromatic carboxylic acids is 1. The van der Waals surface area contributed by atoms with Crippen molar-refractivity contribution < 1.29 is 14.7 Å². The van der Waals surface area contributed by atoms with E-state index in [1.165, 1.54) is 45.8 Å². The van der Waals surface area contributed by atoms with Crippen LogP contribution in [0.15, 0.2) is 85.5 Å². The second kappa shape index (κ2) is 13.2. The van der Waals surface area contributed by atoms with E-state index in [0.29, 0.717) is 35.9 Å². The van der Waals surface area contributed by atoms with E-state index < -0.39 is 5.97 Å². The molecule has 0 aliphatic heterocycles. The molecular weight excluding hydrogens is 596 g/mol.